The van der Waals surface area contributed by atoms with Gasteiger partial charge >= 0.3 is 0 Å². The zero-order valence-electron chi connectivity index (χ0n) is 7.98. The maximum Gasteiger partial charge on any atom is 0.124 e. The first-order valence-electron chi connectivity index (χ1n) is 4.73. The smallest absolute Gasteiger partial charge is 0.124 e. The Morgan fingerprint density at radius 3 is 2.69 bits per heavy atom. The molecule has 2 aliphatic rings. The van der Waals surface area contributed by atoms with Gasteiger partial charge in [0, 0.05) is 32.4 Å². The summed E-state index contributed by atoms with van der Waals surface area (Å²) in [6, 6.07) is 0. The van der Waals surface area contributed by atoms with Gasteiger partial charge in [0.05, 0.1) is 6.34 Å². The van der Waals surface area contributed by atoms with Crippen LogP contribution in [0.2, 0.25) is 0 Å². The summed E-state index contributed by atoms with van der Waals surface area (Å²) >= 11 is 0. The number of piperazine rings is 1. The molecule has 0 bridgehead atoms. The largest absolute Gasteiger partial charge is 0.353 e. The zero-order valence-corrected chi connectivity index (χ0v) is 7.98. The van der Waals surface area contributed by atoms with E-state index in [1.165, 1.54) is 0 Å². The molecule has 1 N–H and O–H groups in total. The van der Waals surface area contributed by atoms with Gasteiger partial charge in [0.25, 0.3) is 0 Å². The van der Waals surface area contributed by atoms with Gasteiger partial charge in [0.15, 0.2) is 0 Å². The van der Waals surface area contributed by atoms with Crippen LogP contribution < -0.4 is 5.32 Å². The number of nitrogens with one attached hydrogen (secondary N) is 1. The molecule has 2 rings (SSSR count). The van der Waals surface area contributed by atoms with Crippen molar-refractivity contribution in [1.29, 1.82) is 0 Å². The maximum absolute atomic E-state index is 4.36. The van der Waals surface area contributed by atoms with Crippen LogP contribution in [0, 0.1) is 0 Å². The van der Waals surface area contributed by atoms with Crippen LogP contribution in [-0.2, 0) is 0 Å². The van der Waals surface area contributed by atoms with E-state index in [-0.39, 0.29) is 6.17 Å². The minimum absolute atomic E-state index is 0.259. The van der Waals surface area contributed by atoms with Crippen molar-refractivity contribution in [2.45, 2.75) is 6.17 Å². The average Bonchev–Trinajstić information content (AvgIpc) is 2.20. The first-order valence-corrected chi connectivity index (χ1v) is 4.73. The molecule has 0 aromatic carbocycles. The summed E-state index contributed by atoms with van der Waals surface area (Å²) in [6.07, 6.45) is 6.08. The van der Waals surface area contributed by atoms with Gasteiger partial charge in [-0.15, -0.1) is 0 Å². The van der Waals surface area contributed by atoms with Crippen LogP contribution >= 0.6 is 0 Å². The van der Waals surface area contributed by atoms with Crippen molar-refractivity contribution in [3.8, 4) is 0 Å². The van der Waals surface area contributed by atoms with Crippen LogP contribution in [0.5, 0.6) is 0 Å². The number of likely N-dealkylation sites (N-methyl/N-ethyl adjacent to an activating group) is 1. The zero-order chi connectivity index (χ0) is 9.10. The summed E-state index contributed by atoms with van der Waals surface area (Å²) in [6.45, 7) is 4.52. The van der Waals surface area contributed by atoms with Gasteiger partial charge in [-0.25, -0.2) is 0 Å². The third kappa shape index (κ3) is 2.08. The Morgan fingerprint density at radius 2 is 2.08 bits per heavy atom. The van der Waals surface area contributed by atoms with Crippen LogP contribution in [0.4, 0.5) is 0 Å². The number of hydrogen-bond acceptors (Lipinski definition) is 4. The molecule has 1 unspecified atom stereocenters. The Hall–Kier alpha value is -0.870. The van der Waals surface area contributed by atoms with Crippen molar-refractivity contribution in [3.63, 3.8) is 0 Å². The third-order valence-electron chi connectivity index (χ3n) is 2.58. The van der Waals surface area contributed by atoms with Crippen molar-refractivity contribution >= 4 is 6.34 Å². The molecule has 2 aliphatic heterocycles. The van der Waals surface area contributed by atoms with Gasteiger partial charge < -0.3 is 10.2 Å². The highest BCUT2D eigenvalue weighted by Crippen LogP contribution is 2.08. The molecule has 1 fully saturated rings. The highest BCUT2D eigenvalue weighted by molar-refractivity contribution is 5.57. The number of rotatable bonds is 1. The summed E-state index contributed by atoms with van der Waals surface area (Å²) in [5.41, 5.74) is 0. The van der Waals surface area contributed by atoms with Crippen molar-refractivity contribution in [2.24, 2.45) is 4.99 Å². The van der Waals surface area contributed by atoms with E-state index >= 15 is 0 Å². The predicted molar refractivity (Wildman–Crippen MR) is 53.6 cm³/mol. The fourth-order valence-corrected chi connectivity index (χ4v) is 1.66. The highest BCUT2D eigenvalue weighted by Gasteiger charge is 2.19. The van der Waals surface area contributed by atoms with Crippen LogP contribution in [0.1, 0.15) is 0 Å². The number of nitrogens with zero attached hydrogens (tertiary/aromatic N) is 3. The maximum atomic E-state index is 4.36. The average molecular weight is 180 g/mol. The molecular formula is C9H16N4. The molecule has 0 aromatic heterocycles. The van der Waals surface area contributed by atoms with Crippen LogP contribution in [-0.4, -0.2) is 55.5 Å². The SMILES string of the molecule is CN1CCN(C2C=CNC=N2)CC1. The minimum atomic E-state index is 0.259. The topological polar surface area (TPSA) is 30.9 Å². The first kappa shape index (κ1) is 8.72. The second kappa shape index (κ2) is 3.89. The second-order valence-corrected chi connectivity index (χ2v) is 3.56. The van der Waals surface area contributed by atoms with E-state index in [0.717, 1.165) is 26.2 Å². The van der Waals surface area contributed by atoms with Crippen molar-refractivity contribution < 1.29 is 0 Å². The fourth-order valence-electron chi connectivity index (χ4n) is 1.66. The lowest BCUT2D eigenvalue weighted by molar-refractivity contribution is 0.132. The minimum Gasteiger partial charge on any atom is -0.353 e. The van der Waals surface area contributed by atoms with Crippen molar-refractivity contribution in [1.82, 2.24) is 15.1 Å². The molecule has 4 nitrogen and oxygen atoms in total. The molecule has 0 spiro atoms. The molecule has 13 heavy (non-hydrogen) atoms. The lowest BCUT2D eigenvalue weighted by Gasteiger charge is -2.35. The fraction of sp³-hybridized carbons (Fsp3) is 0.667. The second-order valence-electron chi connectivity index (χ2n) is 3.56. The van der Waals surface area contributed by atoms with Crippen molar-refractivity contribution in [2.75, 3.05) is 33.2 Å². The van der Waals surface area contributed by atoms with Gasteiger partial charge in [-0.1, -0.05) is 0 Å². The van der Waals surface area contributed by atoms with Gasteiger partial charge in [-0.2, -0.15) is 0 Å². The van der Waals surface area contributed by atoms with Crippen molar-refractivity contribution in [3.05, 3.63) is 12.3 Å². The van der Waals surface area contributed by atoms with E-state index in [2.05, 4.69) is 33.2 Å². The van der Waals surface area contributed by atoms with E-state index in [0.29, 0.717) is 0 Å². The predicted octanol–water partition coefficient (Wildman–Crippen LogP) is -0.295. The monoisotopic (exact) mass is 180 g/mol. The quantitative estimate of drug-likeness (QED) is 0.601. The van der Waals surface area contributed by atoms with Gasteiger partial charge in [-0.3, -0.25) is 9.89 Å². The Kier molecular flexibility index (Phi) is 2.61. The van der Waals surface area contributed by atoms with E-state index in [1.54, 1.807) is 6.34 Å². The molecule has 0 aromatic rings. The Bertz CT molecular complexity index is 204. The van der Waals surface area contributed by atoms with Crippen LogP contribution in [0.3, 0.4) is 0 Å². The number of aliphatic imine (C=N–C) groups is 1. The Labute approximate surface area is 78.9 Å². The molecule has 72 valence electrons. The molecule has 0 aliphatic carbocycles. The van der Waals surface area contributed by atoms with E-state index < -0.39 is 0 Å². The highest BCUT2D eigenvalue weighted by atomic mass is 15.3. The lowest BCUT2D eigenvalue weighted by Crippen LogP contribution is -2.48. The van der Waals surface area contributed by atoms with Crippen LogP contribution in [0.25, 0.3) is 0 Å². The Morgan fingerprint density at radius 1 is 1.31 bits per heavy atom. The molecule has 2 heterocycles. The number of hydrogen-bond donors (Lipinski definition) is 1. The third-order valence-corrected chi connectivity index (χ3v) is 2.58. The lowest BCUT2D eigenvalue weighted by atomic mass is 10.3. The molecular weight excluding hydrogens is 164 g/mol. The van der Waals surface area contributed by atoms with E-state index in [9.17, 15) is 0 Å². The first-order chi connectivity index (χ1) is 6.36. The molecule has 0 radical (unpaired) electrons. The molecule has 0 saturated carbocycles. The summed E-state index contributed by atoms with van der Waals surface area (Å²) in [5.74, 6) is 0. The summed E-state index contributed by atoms with van der Waals surface area (Å²) in [4.78, 5) is 9.11. The van der Waals surface area contributed by atoms with Crippen LogP contribution in [0.15, 0.2) is 17.3 Å². The standard InChI is InChI=1S/C9H16N4/c1-12-4-6-13(7-5-12)9-2-3-10-8-11-9/h2-3,8-9H,4-7H2,1H3,(H,10,11). The summed E-state index contributed by atoms with van der Waals surface area (Å²) in [5, 5.41) is 2.95. The summed E-state index contributed by atoms with van der Waals surface area (Å²) < 4.78 is 0. The van der Waals surface area contributed by atoms with Gasteiger partial charge in [-0.05, 0) is 13.1 Å². The molecule has 1 saturated heterocycles. The molecule has 4 heteroatoms. The van der Waals surface area contributed by atoms with Gasteiger partial charge in [0.1, 0.15) is 6.17 Å². The van der Waals surface area contributed by atoms with E-state index in [4.69, 9.17) is 0 Å². The normalized spacial score (nSPS) is 30.4. The van der Waals surface area contributed by atoms with E-state index in [1.807, 2.05) is 6.20 Å². The molecule has 1 atom stereocenters. The molecule has 0 amide bonds. The summed E-state index contributed by atoms with van der Waals surface area (Å²) in [7, 11) is 2.17. The van der Waals surface area contributed by atoms with Gasteiger partial charge in [0.2, 0.25) is 0 Å². The Balaban J connectivity index is 1.90.